The van der Waals surface area contributed by atoms with E-state index in [1.165, 1.54) is 0 Å². The van der Waals surface area contributed by atoms with Gasteiger partial charge in [0.2, 0.25) is 0 Å². The molecule has 1 aromatic heterocycles. The van der Waals surface area contributed by atoms with Gasteiger partial charge in [-0.15, -0.1) is 5.10 Å². The van der Waals surface area contributed by atoms with Gasteiger partial charge in [-0.25, -0.2) is 9.48 Å². The van der Waals surface area contributed by atoms with E-state index in [0.717, 1.165) is 5.56 Å². The number of benzene rings is 1. The van der Waals surface area contributed by atoms with E-state index in [-0.39, 0.29) is 24.3 Å². The van der Waals surface area contributed by atoms with Gasteiger partial charge in [-0.3, -0.25) is 0 Å². The maximum Gasteiger partial charge on any atom is 0.360 e. The van der Waals surface area contributed by atoms with Gasteiger partial charge in [-0.05, 0) is 40.2 Å². The smallest absolute Gasteiger partial charge is 0.360 e. The summed E-state index contributed by atoms with van der Waals surface area (Å²) < 4.78 is 37.3. The van der Waals surface area contributed by atoms with E-state index < -0.39 is 36.0 Å². The summed E-state index contributed by atoms with van der Waals surface area (Å²) in [4.78, 5) is 12.9. The second kappa shape index (κ2) is 8.69. The van der Waals surface area contributed by atoms with Gasteiger partial charge in [0.25, 0.3) is 0 Å². The van der Waals surface area contributed by atoms with Crippen LogP contribution in [-0.4, -0.2) is 70.4 Å². The number of rotatable bonds is 6. The Labute approximate surface area is 198 Å². The lowest BCUT2D eigenvalue weighted by Gasteiger charge is -2.28. The van der Waals surface area contributed by atoms with E-state index in [2.05, 4.69) is 10.3 Å². The zero-order valence-electron chi connectivity index (χ0n) is 20.1. The third kappa shape index (κ3) is 4.60. The first-order valence-electron chi connectivity index (χ1n) is 11.6. The molecule has 2 aromatic rings. The van der Waals surface area contributed by atoms with Gasteiger partial charge in [-0.1, -0.05) is 35.5 Å². The fraction of sp³-hybridized carbons (Fsp3) is 0.625. The number of aromatic nitrogens is 3. The van der Waals surface area contributed by atoms with Crippen LogP contribution in [0.1, 0.15) is 49.4 Å². The zero-order chi connectivity index (χ0) is 24.1. The Balaban J connectivity index is 1.28. The third-order valence-electron chi connectivity index (χ3n) is 6.38. The predicted octanol–water partition coefficient (Wildman–Crippen LogP) is 2.44. The van der Waals surface area contributed by atoms with Crippen molar-refractivity contribution < 1.29 is 33.2 Å². The third-order valence-corrected chi connectivity index (χ3v) is 6.38. The molecule has 5 rings (SSSR count). The van der Waals surface area contributed by atoms with Crippen molar-refractivity contribution in [3.05, 3.63) is 47.3 Å². The van der Waals surface area contributed by atoms with Crippen molar-refractivity contribution in [3.63, 3.8) is 0 Å². The molecule has 10 nitrogen and oxygen atoms in total. The highest BCUT2D eigenvalue weighted by molar-refractivity contribution is 5.88. The standard InChI is InChI=1S/C24H31N3O7/c1-14-18(25-26-27(14)11-15-9-7-6-8-10-15)21(28)29-12-16-19(17-13-30-23(2,3)32-17)31-22-20(16)33-24(4,5)34-22/h6-10,16-17,19-20,22H,11-13H2,1-5H3/t16-,17?,19-,20+,22+/m0/s1. The molecule has 3 aliphatic rings. The van der Waals surface area contributed by atoms with Crippen LogP contribution in [0.15, 0.2) is 30.3 Å². The first-order chi connectivity index (χ1) is 16.1. The summed E-state index contributed by atoms with van der Waals surface area (Å²) in [5, 5.41) is 8.21. The summed E-state index contributed by atoms with van der Waals surface area (Å²) in [7, 11) is 0. The van der Waals surface area contributed by atoms with E-state index in [1.54, 1.807) is 11.6 Å². The summed E-state index contributed by atoms with van der Waals surface area (Å²) in [6, 6.07) is 9.87. The molecule has 3 aliphatic heterocycles. The predicted molar refractivity (Wildman–Crippen MR) is 118 cm³/mol. The van der Waals surface area contributed by atoms with Crippen LogP contribution in [0.2, 0.25) is 0 Å². The summed E-state index contributed by atoms with van der Waals surface area (Å²) in [5.41, 5.74) is 1.89. The fourth-order valence-corrected chi connectivity index (χ4v) is 4.72. The topological polar surface area (TPSA) is 103 Å². The van der Waals surface area contributed by atoms with Gasteiger partial charge < -0.3 is 28.4 Å². The molecule has 0 amide bonds. The highest BCUT2D eigenvalue weighted by Gasteiger charge is 2.58. The van der Waals surface area contributed by atoms with E-state index >= 15 is 0 Å². The lowest BCUT2D eigenvalue weighted by molar-refractivity contribution is -0.228. The molecule has 34 heavy (non-hydrogen) atoms. The van der Waals surface area contributed by atoms with Crippen LogP contribution < -0.4 is 0 Å². The number of carbonyl (C=O) groups excluding carboxylic acids is 1. The Bertz CT molecular complexity index is 1040. The van der Waals surface area contributed by atoms with Crippen molar-refractivity contribution in [2.45, 2.75) is 77.3 Å². The molecule has 0 radical (unpaired) electrons. The molecule has 1 unspecified atom stereocenters. The van der Waals surface area contributed by atoms with Crippen LogP contribution in [0.5, 0.6) is 0 Å². The first kappa shape index (κ1) is 23.4. The summed E-state index contributed by atoms with van der Waals surface area (Å²) in [6.07, 6.45) is -1.69. The first-order valence-corrected chi connectivity index (χ1v) is 11.6. The number of hydrogen-bond donors (Lipinski definition) is 0. The highest BCUT2D eigenvalue weighted by Crippen LogP contribution is 2.44. The average molecular weight is 474 g/mol. The minimum atomic E-state index is -0.786. The molecular formula is C24H31N3O7. The Hall–Kier alpha value is -2.37. The van der Waals surface area contributed by atoms with Crippen molar-refractivity contribution >= 4 is 5.97 Å². The monoisotopic (exact) mass is 473 g/mol. The van der Waals surface area contributed by atoms with Crippen molar-refractivity contribution in [3.8, 4) is 0 Å². The number of carbonyl (C=O) groups is 1. The van der Waals surface area contributed by atoms with Crippen molar-refractivity contribution in [2.75, 3.05) is 13.2 Å². The molecular weight excluding hydrogens is 442 g/mol. The van der Waals surface area contributed by atoms with Crippen LogP contribution in [-0.2, 0) is 35.0 Å². The number of nitrogens with zero attached hydrogens (tertiary/aromatic N) is 3. The SMILES string of the molecule is Cc1c(C(=O)OC[C@@H]2[C@H]3OC(C)(C)O[C@H]3O[C@@H]2C2COC(C)(C)O2)nnn1Cc1ccccc1. The second-order valence-corrected chi connectivity index (χ2v) is 9.87. The molecule has 3 fully saturated rings. The van der Waals surface area contributed by atoms with Crippen LogP contribution in [0, 0.1) is 12.8 Å². The maximum atomic E-state index is 12.9. The van der Waals surface area contributed by atoms with Crippen molar-refractivity contribution in [1.29, 1.82) is 0 Å². The molecule has 0 saturated carbocycles. The molecule has 0 N–H and O–H groups in total. The van der Waals surface area contributed by atoms with Crippen molar-refractivity contribution in [2.24, 2.45) is 5.92 Å². The largest absolute Gasteiger partial charge is 0.460 e. The lowest BCUT2D eigenvalue weighted by Crippen LogP contribution is -2.41. The van der Waals surface area contributed by atoms with Gasteiger partial charge in [0, 0.05) is 0 Å². The lowest BCUT2D eigenvalue weighted by atomic mass is 9.95. The van der Waals surface area contributed by atoms with Crippen molar-refractivity contribution in [1.82, 2.24) is 15.0 Å². The minimum Gasteiger partial charge on any atom is -0.460 e. The molecule has 184 valence electrons. The van der Waals surface area contributed by atoms with Gasteiger partial charge in [0.1, 0.15) is 12.2 Å². The number of esters is 1. The maximum absolute atomic E-state index is 12.9. The molecule has 3 saturated heterocycles. The second-order valence-electron chi connectivity index (χ2n) is 9.87. The fourth-order valence-electron chi connectivity index (χ4n) is 4.72. The van der Waals surface area contributed by atoms with Gasteiger partial charge in [-0.2, -0.15) is 0 Å². The molecule has 0 spiro atoms. The summed E-state index contributed by atoms with van der Waals surface area (Å²) in [5.74, 6) is -2.33. The molecule has 5 atom stereocenters. The summed E-state index contributed by atoms with van der Waals surface area (Å²) in [6.45, 7) is 10.1. The Morgan fingerprint density at radius 2 is 1.85 bits per heavy atom. The average Bonchev–Trinajstić information content (AvgIpc) is 3.49. The van der Waals surface area contributed by atoms with Gasteiger partial charge in [0.05, 0.1) is 37.5 Å². The summed E-state index contributed by atoms with van der Waals surface area (Å²) >= 11 is 0. The molecule has 0 bridgehead atoms. The van der Waals surface area contributed by atoms with Crippen LogP contribution in [0.4, 0.5) is 0 Å². The number of ether oxygens (including phenoxy) is 6. The van der Waals surface area contributed by atoms with E-state index in [0.29, 0.717) is 18.8 Å². The van der Waals surface area contributed by atoms with E-state index in [9.17, 15) is 4.79 Å². The van der Waals surface area contributed by atoms with E-state index in [4.69, 9.17) is 28.4 Å². The Kier molecular flexibility index (Phi) is 5.97. The van der Waals surface area contributed by atoms with Gasteiger partial charge >= 0.3 is 5.97 Å². The molecule has 10 heteroatoms. The minimum absolute atomic E-state index is 0.0649. The van der Waals surface area contributed by atoms with Gasteiger partial charge in [0.15, 0.2) is 23.6 Å². The quantitative estimate of drug-likeness (QED) is 0.585. The number of hydrogen-bond acceptors (Lipinski definition) is 9. The number of fused-ring (bicyclic) bond motifs is 1. The van der Waals surface area contributed by atoms with E-state index in [1.807, 2.05) is 58.0 Å². The van der Waals surface area contributed by atoms with Crippen LogP contribution in [0.3, 0.4) is 0 Å². The Morgan fingerprint density at radius 3 is 2.56 bits per heavy atom. The molecule has 4 heterocycles. The molecule has 1 aromatic carbocycles. The molecule has 0 aliphatic carbocycles. The zero-order valence-corrected chi connectivity index (χ0v) is 20.1. The van der Waals surface area contributed by atoms with Crippen LogP contribution in [0.25, 0.3) is 0 Å². The normalized spacial score (nSPS) is 31.5. The van der Waals surface area contributed by atoms with Crippen LogP contribution >= 0.6 is 0 Å². The highest BCUT2D eigenvalue weighted by atomic mass is 16.8. The Morgan fingerprint density at radius 1 is 1.09 bits per heavy atom.